The minimum Gasteiger partial charge on any atom is -0.480 e. The van der Waals surface area contributed by atoms with Crippen molar-refractivity contribution in [3.63, 3.8) is 0 Å². The quantitative estimate of drug-likeness (QED) is 0.667. The summed E-state index contributed by atoms with van der Waals surface area (Å²) in [4.78, 5) is 50.9. The van der Waals surface area contributed by atoms with Crippen LogP contribution in [0.15, 0.2) is 54.6 Å². The number of carbonyl (C=O) groups excluding carboxylic acids is 3. The summed E-state index contributed by atoms with van der Waals surface area (Å²) >= 11 is 0.932. The predicted octanol–water partition coefficient (Wildman–Crippen LogP) is 2.82. The van der Waals surface area contributed by atoms with Gasteiger partial charge in [0.25, 0.3) is 0 Å². The van der Waals surface area contributed by atoms with Crippen molar-refractivity contribution in [1.29, 1.82) is 0 Å². The molecule has 32 heavy (non-hydrogen) atoms. The fourth-order valence-corrected chi connectivity index (χ4v) is 4.68. The van der Waals surface area contributed by atoms with Gasteiger partial charge in [-0.25, -0.2) is 0 Å². The number of rotatable bonds is 7. The third-order valence-electron chi connectivity index (χ3n) is 5.26. The molecule has 7 nitrogen and oxygen atoms in total. The molecule has 1 aliphatic heterocycles. The van der Waals surface area contributed by atoms with E-state index in [0.29, 0.717) is 31.4 Å². The van der Waals surface area contributed by atoms with Gasteiger partial charge in [-0.2, -0.15) is 0 Å². The van der Waals surface area contributed by atoms with Crippen LogP contribution >= 0.6 is 11.8 Å². The van der Waals surface area contributed by atoms with Crippen LogP contribution in [0.4, 0.5) is 5.69 Å². The van der Waals surface area contributed by atoms with Crippen molar-refractivity contribution in [2.45, 2.75) is 43.9 Å². The summed E-state index contributed by atoms with van der Waals surface area (Å²) < 4.78 is 0. The van der Waals surface area contributed by atoms with Crippen LogP contribution in [0.3, 0.4) is 0 Å². The van der Waals surface area contributed by atoms with Gasteiger partial charge in [-0.15, -0.1) is 0 Å². The molecule has 0 aliphatic carbocycles. The van der Waals surface area contributed by atoms with Gasteiger partial charge in [0.2, 0.25) is 11.8 Å². The zero-order valence-electron chi connectivity index (χ0n) is 17.8. The van der Waals surface area contributed by atoms with Crippen molar-refractivity contribution in [1.82, 2.24) is 5.32 Å². The lowest BCUT2D eigenvalue weighted by Gasteiger charge is -2.31. The van der Waals surface area contributed by atoms with E-state index in [9.17, 15) is 24.3 Å². The number of nitrogens with zero attached hydrogens (tertiary/aromatic N) is 1. The molecule has 0 saturated carbocycles. The Balaban J connectivity index is 1.82. The molecular formula is C24H26N2O5S. The normalized spacial score (nSPS) is 17.0. The lowest BCUT2D eigenvalue weighted by molar-refractivity contribution is -0.137. The molecular weight excluding hydrogens is 428 g/mol. The van der Waals surface area contributed by atoms with Crippen molar-refractivity contribution in [3.05, 3.63) is 65.7 Å². The average molecular weight is 455 g/mol. The van der Waals surface area contributed by atoms with Crippen LogP contribution in [0.2, 0.25) is 0 Å². The van der Waals surface area contributed by atoms with Gasteiger partial charge >= 0.3 is 5.97 Å². The fourth-order valence-electron chi connectivity index (χ4n) is 3.83. The maximum absolute atomic E-state index is 13.3. The van der Waals surface area contributed by atoms with Crippen LogP contribution in [0.1, 0.15) is 30.9 Å². The Kier molecular flexibility index (Phi) is 8.05. The molecule has 0 spiro atoms. The van der Waals surface area contributed by atoms with Gasteiger partial charge in [0, 0.05) is 12.6 Å². The number of aryl methyl sites for hydroxylation is 1. The van der Waals surface area contributed by atoms with Crippen LogP contribution < -0.4 is 10.2 Å². The molecule has 8 heteroatoms. The van der Waals surface area contributed by atoms with E-state index in [1.165, 1.54) is 11.8 Å². The third kappa shape index (κ3) is 6.20. The molecule has 1 heterocycles. The summed E-state index contributed by atoms with van der Waals surface area (Å²) in [6.45, 7) is 0.917. The molecule has 2 N–H and O–H groups in total. The van der Waals surface area contributed by atoms with Gasteiger partial charge in [-0.1, -0.05) is 60.3 Å². The maximum atomic E-state index is 13.3. The first-order valence-electron chi connectivity index (χ1n) is 10.5. The summed E-state index contributed by atoms with van der Waals surface area (Å²) in [6.07, 6.45) is 2.07. The summed E-state index contributed by atoms with van der Waals surface area (Å²) in [5.74, 6) is -2.00. The molecule has 0 saturated heterocycles. The van der Waals surface area contributed by atoms with Gasteiger partial charge in [0.1, 0.15) is 12.6 Å². The highest BCUT2D eigenvalue weighted by molar-refractivity contribution is 8.14. The highest BCUT2D eigenvalue weighted by Crippen LogP contribution is 2.27. The molecule has 0 aromatic heterocycles. The molecule has 0 fully saturated rings. The number of anilines is 1. The van der Waals surface area contributed by atoms with E-state index in [1.807, 2.05) is 42.5 Å². The van der Waals surface area contributed by atoms with Gasteiger partial charge in [-0.3, -0.25) is 24.1 Å². The number of thioether (sulfide) groups is 1. The topological polar surface area (TPSA) is 104 Å². The van der Waals surface area contributed by atoms with E-state index in [2.05, 4.69) is 5.32 Å². The van der Waals surface area contributed by atoms with E-state index >= 15 is 0 Å². The SMILES string of the molecule is CC(=O)S[C@@H](Cc1ccccc1)C(=O)NC1CCCc2ccccc2N(CC(=O)O)C1=O. The van der Waals surface area contributed by atoms with Gasteiger partial charge in [0.05, 0.1) is 5.25 Å². The number of carboxylic acids is 1. The zero-order chi connectivity index (χ0) is 23.1. The van der Waals surface area contributed by atoms with Gasteiger partial charge < -0.3 is 10.4 Å². The number of hydrogen-bond donors (Lipinski definition) is 2. The number of carbonyl (C=O) groups is 4. The maximum Gasteiger partial charge on any atom is 0.323 e. The molecule has 0 bridgehead atoms. The number of amides is 2. The number of nitrogens with one attached hydrogen (secondary N) is 1. The summed E-state index contributed by atoms with van der Waals surface area (Å²) in [5, 5.41) is 11.3. The number of benzene rings is 2. The Hall–Kier alpha value is -3.13. The summed E-state index contributed by atoms with van der Waals surface area (Å²) in [6, 6.07) is 15.7. The van der Waals surface area contributed by atoms with Crippen LogP contribution in [-0.2, 0) is 32.0 Å². The monoisotopic (exact) mass is 454 g/mol. The lowest BCUT2D eigenvalue weighted by atomic mass is 9.98. The standard InChI is InChI=1S/C24H26N2O5S/c1-16(27)32-21(14-17-8-3-2-4-9-17)23(30)25-19-12-7-11-18-10-5-6-13-20(18)26(24(19)31)15-22(28)29/h2-6,8-10,13,19,21H,7,11-12,14-15H2,1H3,(H,25,30)(H,28,29)/t19?,21-/m0/s1. The molecule has 168 valence electrons. The molecule has 2 aromatic rings. The number of hydrogen-bond acceptors (Lipinski definition) is 5. The smallest absolute Gasteiger partial charge is 0.323 e. The second kappa shape index (κ2) is 10.9. The molecule has 1 aliphatic rings. The van der Waals surface area contributed by atoms with Crippen molar-refractivity contribution < 1.29 is 24.3 Å². The van der Waals surface area contributed by atoms with E-state index in [0.717, 1.165) is 22.9 Å². The van der Waals surface area contributed by atoms with E-state index in [4.69, 9.17) is 0 Å². The second-order valence-corrected chi connectivity index (χ2v) is 9.07. The van der Waals surface area contributed by atoms with Crippen LogP contribution in [-0.4, -0.2) is 45.8 Å². The Morgan fingerprint density at radius 3 is 2.50 bits per heavy atom. The van der Waals surface area contributed by atoms with E-state index in [-0.39, 0.29) is 5.12 Å². The van der Waals surface area contributed by atoms with Gasteiger partial charge in [0.15, 0.2) is 5.12 Å². The molecule has 1 unspecified atom stereocenters. The fraction of sp³-hybridized carbons (Fsp3) is 0.333. The van der Waals surface area contributed by atoms with Crippen LogP contribution in [0, 0.1) is 0 Å². The number of aliphatic carboxylic acids is 1. The van der Waals surface area contributed by atoms with Crippen LogP contribution in [0.5, 0.6) is 0 Å². The Morgan fingerprint density at radius 2 is 1.81 bits per heavy atom. The molecule has 2 atom stereocenters. The first-order chi connectivity index (χ1) is 15.3. The van der Waals surface area contributed by atoms with Crippen molar-refractivity contribution in [2.75, 3.05) is 11.4 Å². The third-order valence-corrected chi connectivity index (χ3v) is 6.26. The zero-order valence-corrected chi connectivity index (χ0v) is 18.6. The molecule has 2 aromatic carbocycles. The Morgan fingerprint density at radius 1 is 1.12 bits per heavy atom. The lowest BCUT2D eigenvalue weighted by Crippen LogP contribution is -2.53. The second-order valence-electron chi connectivity index (χ2n) is 7.69. The molecule has 2 amide bonds. The molecule has 3 rings (SSSR count). The Bertz CT molecular complexity index is 995. The summed E-state index contributed by atoms with van der Waals surface area (Å²) in [5.41, 5.74) is 2.37. The first-order valence-corrected chi connectivity index (χ1v) is 11.4. The van der Waals surface area contributed by atoms with E-state index < -0.39 is 35.6 Å². The number of carboxylic acid groups (broad SMARTS) is 1. The van der Waals surface area contributed by atoms with Crippen molar-refractivity contribution in [3.8, 4) is 0 Å². The predicted molar refractivity (Wildman–Crippen MR) is 124 cm³/mol. The van der Waals surface area contributed by atoms with Gasteiger partial charge in [-0.05, 0) is 42.9 Å². The Labute approximate surface area is 191 Å². The highest BCUT2D eigenvalue weighted by Gasteiger charge is 2.33. The minimum absolute atomic E-state index is 0.188. The molecule has 0 radical (unpaired) electrons. The largest absolute Gasteiger partial charge is 0.480 e. The number of fused-ring (bicyclic) bond motifs is 1. The number of para-hydroxylation sites is 1. The minimum atomic E-state index is -1.13. The average Bonchev–Trinajstić information content (AvgIpc) is 2.76. The van der Waals surface area contributed by atoms with Crippen molar-refractivity contribution in [2.24, 2.45) is 0 Å². The first kappa shape index (κ1) is 23.5. The highest BCUT2D eigenvalue weighted by atomic mass is 32.2. The van der Waals surface area contributed by atoms with E-state index in [1.54, 1.807) is 12.1 Å². The summed E-state index contributed by atoms with van der Waals surface area (Å²) in [7, 11) is 0. The van der Waals surface area contributed by atoms with Crippen LogP contribution in [0.25, 0.3) is 0 Å². The van der Waals surface area contributed by atoms with Crippen molar-refractivity contribution >= 4 is 40.3 Å².